The lowest BCUT2D eigenvalue weighted by Crippen LogP contribution is -1.85. The highest BCUT2D eigenvalue weighted by Crippen LogP contribution is 2.15. The third-order valence-corrected chi connectivity index (χ3v) is 1.50. The van der Waals surface area contributed by atoms with Crippen LogP contribution in [0, 0.1) is 0 Å². The van der Waals surface area contributed by atoms with Crippen LogP contribution in [0.3, 0.4) is 0 Å². The van der Waals surface area contributed by atoms with E-state index in [0.717, 1.165) is 0 Å². The fourth-order valence-electron chi connectivity index (χ4n) is 1.06. The van der Waals surface area contributed by atoms with E-state index in [1.54, 1.807) is 0 Å². The van der Waals surface area contributed by atoms with E-state index in [0.29, 0.717) is 0 Å². The summed E-state index contributed by atoms with van der Waals surface area (Å²) in [6, 6.07) is 0. The molecule has 0 aliphatic heterocycles. The molecule has 0 aromatic carbocycles. The molecule has 60 valence electrons. The molecule has 1 saturated carbocycles. The summed E-state index contributed by atoms with van der Waals surface area (Å²) in [7, 11) is 0. The highest BCUT2D eigenvalue weighted by Gasteiger charge is 1.95. The van der Waals surface area contributed by atoms with Crippen molar-refractivity contribution in [2.45, 2.75) is 38.5 Å². The number of rotatable bonds is 0. The standard InChI is InChI=1S/C6H12.CHClO2/c1-2-4-6-5-3-1;2-1(3)4/h1-6H2;(H,3,4). The summed E-state index contributed by atoms with van der Waals surface area (Å²) in [6.45, 7) is 0. The van der Waals surface area contributed by atoms with Gasteiger partial charge < -0.3 is 5.11 Å². The smallest absolute Gasteiger partial charge is 0.401 e. The topological polar surface area (TPSA) is 37.3 Å². The molecule has 0 aromatic heterocycles. The maximum atomic E-state index is 8.77. The second kappa shape index (κ2) is 6.87. The van der Waals surface area contributed by atoms with E-state index in [1.807, 2.05) is 0 Å². The van der Waals surface area contributed by atoms with E-state index in [1.165, 1.54) is 38.5 Å². The zero-order chi connectivity index (χ0) is 7.82. The van der Waals surface area contributed by atoms with Crippen molar-refractivity contribution in [3.63, 3.8) is 0 Å². The van der Waals surface area contributed by atoms with Gasteiger partial charge in [0.05, 0.1) is 0 Å². The highest BCUT2D eigenvalue weighted by molar-refractivity contribution is 6.60. The van der Waals surface area contributed by atoms with Crippen LogP contribution in [-0.4, -0.2) is 10.5 Å². The summed E-state index contributed by atoms with van der Waals surface area (Å²) in [4.78, 5) is 8.77. The predicted molar refractivity (Wildman–Crippen MR) is 41.6 cm³/mol. The molecular formula is C7H13ClO2. The molecule has 1 aliphatic rings. The first-order chi connectivity index (χ1) is 4.73. The maximum absolute atomic E-state index is 8.77. The molecule has 0 saturated heterocycles. The van der Waals surface area contributed by atoms with Crippen LogP contribution in [0.15, 0.2) is 0 Å². The third kappa shape index (κ3) is 10.7. The van der Waals surface area contributed by atoms with Gasteiger partial charge in [0.2, 0.25) is 0 Å². The molecule has 1 N–H and O–H groups in total. The third-order valence-electron chi connectivity index (χ3n) is 1.50. The van der Waals surface area contributed by atoms with Crippen LogP contribution in [0.4, 0.5) is 4.79 Å². The normalized spacial score (nSPS) is 16.9. The van der Waals surface area contributed by atoms with Gasteiger partial charge in [-0.1, -0.05) is 38.5 Å². The monoisotopic (exact) mass is 164 g/mol. The lowest BCUT2D eigenvalue weighted by Gasteiger charge is -2.05. The molecule has 0 aromatic rings. The Kier molecular flexibility index (Phi) is 6.71. The van der Waals surface area contributed by atoms with Crippen LogP contribution in [0.1, 0.15) is 38.5 Å². The fourth-order valence-corrected chi connectivity index (χ4v) is 1.06. The van der Waals surface area contributed by atoms with E-state index >= 15 is 0 Å². The molecule has 0 radical (unpaired) electrons. The van der Waals surface area contributed by atoms with E-state index in [4.69, 9.17) is 9.90 Å². The number of hydrogen-bond acceptors (Lipinski definition) is 1. The highest BCUT2D eigenvalue weighted by atomic mass is 35.5. The van der Waals surface area contributed by atoms with Crippen molar-refractivity contribution in [3.05, 3.63) is 0 Å². The zero-order valence-corrected chi connectivity index (χ0v) is 6.73. The van der Waals surface area contributed by atoms with Crippen LogP contribution in [0.5, 0.6) is 0 Å². The van der Waals surface area contributed by atoms with Gasteiger partial charge in [0.25, 0.3) is 0 Å². The Labute approximate surface area is 66.2 Å². The van der Waals surface area contributed by atoms with Crippen molar-refractivity contribution in [3.8, 4) is 0 Å². The fraction of sp³-hybridized carbons (Fsp3) is 0.857. The van der Waals surface area contributed by atoms with E-state index in [9.17, 15) is 0 Å². The summed E-state index contributed by atoms with van der Waals surface area (Å²) in [6.07, 6.45) is 9.00. The second-order valence-electron chi connectivity index (χ2n) is 2.37. The lowest BCUT2D eigenvalue weighted by molar-refractivity contribution is 0.220. The molecule has 1 fully saturated rings. The van der Waals surface area contributed by atoms with Crippen molar-refractivity contribution in [2.75, 3.05) is 0 Å². The van der Waals surface area contributed by atoms with Gasteiger partial charge in [-0.05, 0) is 0 Å². The zero-order valence-electron chi connectivity index (χ0n) is 5.98. The summed E-state index contributed by atoms with van der Waals surface area (Å²) in [5.41, 5.74) is -1.36. The van der Waals surface area contributed by atoms with Gasteiger partial charge in [-0.25, -0.2) is 4.79 Å². The Morgan fingerprint density at radius 2 is 1.10 bits per heavy atom. The lowest BCUT2D eigenvalue weighted by atomic mass is 10.0. The molecular weight excluding hydrogens is 152 g/mol. The number of carbonyl (C=O) groups is 1. The first-order valence-electron chi connectivity index (χ1n) is 3.62. The van der Waals surface area contributed by atoms with Crippen LogP contribution >= 0.6 is 11.6 Å². The van der Waals surface area contributed by atoms with Crippen molar-refractivity contribution in [1.29, 1.82) is 0 Å². The Morgan fingerprint density at radius 1 is 1.00 bits per heavy atom. The van der Waals surface area contributed by atoms with Crippen molar-refractivity contribution >= 4 is 17.0 Å². The molecule has 10 heavy (non-hydrogen) atoms. The molecule has 1 rings (SSSR count). The van der Waals surface area contributed by atoms with Crippen molar-refractivity contribution in [1.82, 2.24) is 0 Å². The van der Waals surface area contributed by atoms with Gasteiger partial charge in [-0.3, -0.25) is 0 Å². The first kappa shape index (κ1) is 9.76. The maximum Gasteiger partial charge on any atom is 0.401 e. The molecule has 2 nitrogen and oxygen atoms in total. The Bertz CT molecular complexity index is 74.1. The largest absolute Gasteiger partial charge is 0.469 e. The molecule has 0 heterocycles. The van der Waals surface area contributed by atoms with Gasteiger partial charge in [0.1, 0.15) is 0 Å². The van der Waals surface area contributed by atoms with Gasteiger partial charge in [0.15, 0.2) is 0 Å². The Balaban J connectivity index is 0.000000180. The summed E-state index contributed by atoms with van der Waals surface area (Å²) >= 11 is 4.19. The van der Waals surface area contributed by atoms with Crippen LogP contribution in [0.2, 0.25) is 0 Å². The minimum atomic E-state index is -1.36. The molecule has 0 spiro atoms. The molecule has 0 bridgehead atoms. The first-order valence-corrected chi connectivity index (χ1v) is 3.99. The summed E-state index contributed by atoms with van der Waals surface area (Å²) in [5.74, 6) is 0. The van der Waals surface area contributed by atoms with Gasteiger partial charge in [-0.15, -0.1) is 0 Å². The van der Waals surface area contributed by atoms with Crippen molar-refractivity contribution in [2.24, 2.45) is 0 Å². The Hall–Kier alpha value is -0.240. The molecule has 3 heteroatoms. The van der Waals surface area contributed by atoms with Crippen LogP contribution < -0.4 is 0 Å². The summed E-state index contributed by atoms with van der Waals surface area (Å²) < 4.78 is 0. The van der Waals surface area contributed by atoms with Gasteiger partial charge in [0, 0.05) is 11.6 Å². The average molecular weight is 165 g/mol. The number of carboxylic acid groups (broad SMARTS) is 1. The Morgan fingerprint density at radius 3 is 1.20 bits per heavy atom. The minimum Gasteiger partial charge on any atom is -0.469 e. The van der Waals surface area contributed by atoms with E-state index in [2.05, 4.69) is 11.6 Å². The minimum absolute atomic E-state index is 1.36. The SMILES string of the molecule is C1CCCCC1.O=C(O)Cl. The van der Waals surface area contributed by atoms with Crippen LogP contribution in [0.25, 0.3) is 0 Å². The molecule has 0 unspecified atom stereocenters. The van der Waals surface area contributed by atoms with Crippen molar-refractivity contribution < 1.29 is 9.90 Å². The number of halogens is 1. The predicted octanol–water partition coefficient (Wildman–Crippen LogP) is 3.24. The molecule has 0 amide bonds. The quantitative estimate of drug-likeness (QED) is 0.558. The summed E-state index contributed by atoms with van der Waals surface area (Å²) in [5, 5.41) is 7.18. The molecule has 0 atom stereocenters. The number of hydrogen-bond donors (Lipinski definition) is 1. The van der Waals surface area contributed by atoms with Gasteiger partial charge in [-0.2, -0.15) is 0 Å². The average Bonchev–Trinajstić information content (AvgIpc) is 1.90. The van der Waals surface area contributed by atoms with Crippen LogP contribution in [-0.2, 0) is 0 Å². The second-order valence-corrected chi connectivity index (χ2v) is 2.70. The van der Waals surface area contributed by atoms with Gasteiger partial charge >= 0.3 is 5.43 Å². The van der Waals surface area contributed by atoms with E-state index < -0.39 is 5.43 Å². The van der Waals surface area contributed by atoms with E-state index in [-0.39, 0.29) is 0 Å². The molecule has 1 aliphatic carbocycles.